The summed E-state index contributed by atoms with van der Waals surface area (Å²) in [5.74, 6) is -2.37. The number of ether oxygens (including phenoxy) is 1. The summed E-state index contributed by atoms with van der Waals surface area (Å²) in [5.41, 5.74) is 0. The molecule has 0 aliphatic heterocycles. The molecule has 0 atom stereocenters. The van der Waals surface area contributed by atoms with Crippen LogP contribution in [-0.2, 0) is 10.0 Å². The van der Waals surface area contributed by atoms with Gasteiger partial charge < -0.3 is 4.74 Å². The van der Waals surface area contributed by atoms with Gasteiger partial charge in [-0.25, -0.2) is 21.6 Å². The van der Waals surface area contributed by atoms with Crippen molar-refractivity contribution in [3.63, 3.8) is 0 Å². The van der Waals surface area contributed by atoms with Gasteiger partial charge in [-0.05, 0) is 42.5 Å². The summed E-state index contributed by atoms with van der Waals surface area (Å²) in [7, 11) is -2.66. The van der Waals surface area contributed by atoms with Gasteiger partial charge in [-0.3, -0.25) is 0 Å². The van der Waals surface area contributed by atoms with Crippen molar-refractivity contribution in [3.05, 3.63) is 59.9 Å². The molecule has 0 aromatic heterocycles. The number of rotatable bonds is 6. The minimum atomic E-state index is -3.95. The van der Waals surface area contributed by atoms with E-state index in [9.17, 15) is 21.6 Å². The van der Waals surface area contributed by atoms with Crippen molar-refractivity contribution in [1.29, 1.82) is 0 Å². The minimum absolute atomic E-state index is 0.0152. The van der Waals surface area contributed by atoms with E-state index in [4.69, 9.17) is 4.74 Å². The Kier molecular flexibility index (Phi) is 5.27. The third-order valence-electron chi connectivity index (χ3n) is 3.09. The highest BCUT2D eigenvalue weighted by Crippen LogP contribution is 2.17. The van der Waals surface area contributed by atoms with E-state index in [0.29, 0.717) is 11.8 Å². The smallest absolute Gasteiger partial charge is 0.243 e. The van der Waals surface area contributed by atoms with Crippen molar-refractivity contribution in [2.45, 2.75) is 4.90 Å². The van der Waals surface area contributed by atoms with E-state index in [-0.39, 0.29) is 18.0 Å². The Morgan fingerprint density at radius 2 is 1.65 bits per heavy atom. The molecule has 0 aliphatic carbocycles. The second-order valence-corrected chi connectivity index (χ2v) is 6.75. The van der Waals surface area contributed by atoms with Gasteiger partial charge in [0.05, 0.1) is 4.90 Å². The van der Waals surface area contributed by atoms with E-state index >= 15 is 0 Å². The molecular formula is C15H14F3NO3S. The number of sulfonamides is 1. The maximum atomic E-state index is 13.2. The maximum absolute atomic E-state index is 13.2. The highest BCUT2D eigenvalue weighted by atomic mass is 32.2. The zero-order chi connectivity index (χ0) is 17.0. The lowest BCUT2D eigenvalue weighted by Gasteiger charge is -2.17. The third kappa shape index (κ3) is 4.23. The Balaban J connectivity index is 1.99. The molecule has 0 saturated carbocycles. The van der Waals surface area contributed by atoms with E-state index < -0.39 is 27.5 Å². The first-order valence-electron chi connectivity index (χ1n) is 6.60. The number of nitrogens with zero attached hydrogens (tertiary/aromatic N) is 1. The summed E-state index contributed by atoms with van der Waals surface area (Å²) < 4.78 is 69.5. The van der Waals surface area contributed by atoms with Gasteiger partial charge in [-0.2, -0.15) is 4.31 Å². The number of likely N-dealkylation sites (N-methyl/N-ethyl adjacent to an activating group) is 1. The SMILES string of the molecule is CN(CCOc1ccc(F)cc1)S(=O)(=O)c1ccc(F)c(F)c1. The summed E-state index contributed by atoms with van der Waals surface area (Å²) >= 11 is 0. The van der Waals surface area contributed by atoms with Crippen LogP contribution in [0.5, 0.6) is 5.75 Å². The quantitative estimate of drug-likeness (QED) is 0.809. The monoisotopic (exact) mass is 345 g/mol. The molecule has 124 valence electrons. The second-order valence-electron chi connectivity index (χ2n) is 4.70. The summed E-state index contributed by atoms with van der Waals surface area (Å²) in [4.78, 5) is -0.347. The molecule has 2 aromatic rings. The predicted octanol–water partition coefficient (Wildman–Crippen LogP) is 2.80. The lowest BCUT2D eigenvalue weighted by atomic mass is 10.3. The van der Waals surface area contributed by atoms with Crippen LogP contribution in [0, 0.1) is 17.5 Å². The van der Waals surface area contributed by atoms with Gasteiger partial charge in [0, 0.05) is 13.6 Å². The number of benzene rings is 2. The van der Waals surface area contributed by atoms with Gasteiger partial charge in [0.15, 0.2) is 11.6 Å². The topological polar surface area (TPSA) is 46.6 Å². The summed E-state index contributed by atoms with van der Waals surface area (Å²) in [6, 6.07) is 7.64. The molecule has 2 rings (SSSR count). The van der Waals surface area contributed by atoms with Crippen LogP contribution in [0.2, 0.25) is 0 Å². The molecule has 0 aliphatic rings. The molecule has 2 aromatic carbocycles. The zero-order valence-corrected chi connectivity index (χ0v) is 13.0. The fourth-order valence-corrected chi connectivity index (χ4v) is 2.93. The van der Waals surface area contributed by atoms with Crippen LogP contribution in [0.15, 0.2) is 47.4 Å². The first-order chi connectivity index (χ1) is 10.8. The molecule has 8 heteroatoms. The average Bonchev–Trinajstić information content (AvgIpc) is 2.51. The Bertz CT molecular complexity index is 779. The summed E-state index contributed by atoms with van der Waals surface area (Å²) in [6.07, 6.45) is 0. The van der Waals surface area contributed by atoms with E-state index in [0.717, 1.165) is 16.4 Å². The lowest BCUT2D eigenvalue weighted by molar-refractivity contribution is 0.286. The second kappa shape index (κ2) is 7.01. The summed E-state index contributed by atoms with van der Waals surface area (Å²) in [6.45, 7) is 0.00371. The van der Waals surface area contributed by atoms with E-state index in [1.807, 2.05) is 0 Å². The molecule has 0 radical (unpaired) electrons. The van der Waals surface area contributed by atoms with Gasteiger partial charge in [-0.15, -0.1) is 0 Å². The van der Waals surface area contributed by atoms with E-state index in [1.165, 1.54) is 31.3 Å². The van der Waals surface area contributed by atoms with Crippen molar-refractivity contribution in [2.75, 3.05) is 20.2 Å². The van der Waals surface area contributed by atoms with Crippen LogP contribution in [0.1, 0.15) is 0 Å². The fourth-order valence-electron chi connectivity index (χ4n) is 1.76. The highest BCUT2D eigenvalue weighted by molar-refractivity contribution is 7.89. The van der Waals surface area contributed by atoms with Gasteiger partial charge in [0.1, 0.15) is 18.2 Å². The van der Waals surface area contributed by atoms with E-state index in [1.54, 1.807) is 0 Å². The molecule has 4 nitrogen and oxygen atoms in total. The molecule has 0 bridgehead atoms. The molecule has 0 saturated heterocycles. The Labute approximate surface area is 132 Å². The van der Waals surface area contributed by atoms with Crippen LogP contribution in [0.25, 0.3) is 0 Å². The zero-order valence-electron chi connectivity index (χ0n) is 12.2. The first kappa shape index (κ1) is 17.3. The molecule has 0 amide bonds. The largest absolute Gasteiger partial charge is 0.492 e. The Morgan fingerprint density at radius 3 is 2.26 bits per heavy atom. The fraction of sp³-hybridized carbons (Fsp3) is 0.200. The first-order valence-corrected chi connectivity index (χ1v) is 8.04. The number of halogens is 3. The van der Waals surface area contributed by atoms with Gasteiger partial charge in [0.2, 0.25) is 10.0 Å². The average molecular weight is 345 g/mol. The normalized spacial score (nSPS) is 11.7. The Morgan fingerprint density at radius 1 is 1.00 bits per heavy atom. The Hall–Kier alpha value is -2.06. The van der Waals surface area contributed by atoms with Crippen molar-refractivity contribution < 1.29 is 26.3 Å². The predicted molar refractivity (Wildman–Crippen MR) is 78.1 cm³/mol. The number of hydrogen-bond acceptors (Lipinski definition) is 3. The molecule has 0 spiro atoms. The molecule has 0 heterocycles. The van der Waals surface area contributed by atoms with Crippen molar-refractivity contribution in [2.24, 2.45) is 0 Å². The van der Waals surface area contributed by atoms with Gasteiger partial charge in [0.25, 0.3) is 0 Å². The molecule has 0 fully saturated rings. The molecule has 0 unspecified atom stereocenters. The molecule has 23 heavy (non-hydrogen) atoms. The molecular weight excluding hydrogens is 331 g/mol. The number of hydrogen-bond donors (Lipinski definition) is 0. The van der Waals surface area contributed by atoms with Crippen molar-refractivity contribution >= 4 is 10.0 Å². The van der Waals surface area contributed by atoms with Crippen LogP contribution >= 0.6 is 0 Å². The lowest BCUT2D eigenvalue weighted by Crippen LogP contribution is -2.31. The maximum Gasteiger partial charge on any atom is 0.243 e. The molecule has 0 N–H and O–H groups in total. The van der Waals surface area contributed by atoms with Crippen molar-refractivity contribution in [3.8, 4) is 5.75 Å². The van der Waals surface area contributed by atoms with E-state index in [2.05, 4.69) is 0 Å². The minimum Gasteiger partial charge on any atom is -0.492 e. The highest BCUT2D eigenvalue weighted by Gasteiger charge is 2.22. The van der Waals surface area contributed by atoms with Gasteiger partial charge in [-0.1, -0.05) is 0 Å². The summed E-state index contributed by atoms with van der Waals surface area (Å²) in [5, 5.41) is 0. The van der Waals surface area contributed by atoms with Crippen LogP contribution in [-0.4, -0.2) is 32.9 Å². The van der Waals surface area contributed by atoms with Crippen LogP contribution in [0.3, 0.4) is 0 Å². The standard InChI is InChI=1S/C15H14F3NO3S/c1-19(8-9-22-12-4-2-11(16)3-5-12)23(20,21)13-6-7-14(17)15(18)10-13/h2-7,10H,8-9H2,1H3. The van der Waals surface area contributed by atoms with Gasteiger partial charge >= 0.3 is 0 Å². The van der Waals surface area contributed by atoms with Crippen LogP contribution < -0.4 is 4.74 Å². The van der Waals surface area contributed by atoms with Crippen LogP contribution in [0.4, 0.5) is 13.2 Å². The third-order valence-corrected chi connectivity index (χ3v) is 4.94. The van der Waals surface area contributed by atoms with Crippen molar-refractivity contribution in [1.82, 2.24) is 4.31 Å².